The van der Waals surface area contributed by atoms with Gasteiger partial charge >= 0.3 is 5.97 Å². The first-order valence-corrected chi connectivity index (χ1v) is 5.52. The van der Waals surface area contributed by atoms with Crippen molar-refractivity contribution in [3.63, 3.8) is 0 Å². The van der Waals surface area contributed by atoms with Crippen molar-refractivity contribution >= 4 is 23.3 Å². The first-order chi connectivity index (χ1) is 8.04. The number of nitro groups is 1. The second-order valence-corrected chi connectivity index (χ2v) is 3.88. The van der Waals surface area contributed by atoms with E-state index in [-0.39, 0.29) is 18.7 Å². The number of carbonyl (C=O) groups excluding carboxylic acids is 1. The van der Waals surface area contributed by atoms with Crippen molar-refractivity contribution in [3.8, 4) is 0 Å². The van der Waals surface area contributed by atoms with Crippen LogP contribution in [0.2, 0.25) is 0 Å². The van der Waals surface area contributed by atoms with Gasteiger partial charge in [-0.05, 0) is 18.9 Å². The molecule has 92 valence electrons. The molecule has 1 aromatic rings. The molecule has 0 heterocycles. The number of benzene rings is 1. The Morgan fingerprint density at radius 1 is 1.59 bits per heavy atom. The molecule has 1 aromatic carbocycles. The minimum absolute atomic E-state index is 0.0183. The fraction of sp³-hybridized carbons (Fsp3) is 0.364. The van der Waals surface area contributed by atoms with E-state index in [1.165, 1.54) is 12.1 Å². The van der Waals surface area contributed by atoms with E-state index in [0.717, 1.165) is 0 Å². The van der Waals surface area contributed by atoms with Gasteiger partial charge in [0.05, 0.1) is 11.5 Å². The van der Waals surface area contributed by atoms with Gasteiger partial charge in [-0.2, -0.15) is 0 Å². The normalized spacial score (nSPS) is 11.9. The molecular formula is C11H12ClNO4. The smallest absolute Gasteiger partial charge is 0.324 e. The van der Waals surface area contributed by atoms with Crippen LogP contribution in [0.25, 0.3) is 0 Å². The minimum Gasteiger partial charge on any atom is -0.465 e. The molecule has 0 aliphatic rings. The Hall–Kier alpha value is -1.62. The molecule has 6 heteroatoms. The van der Waals surface area contributed by atoms with Crippen LogP contribution in [0.1, 0.15) is 12.5 Å². The number of hydrogen-bond acceptors (Lipinski definition) is 4. The zero-order chi connectivity index (χ0) is 12.8. The van der Waals surface area contributed by atoms with Crippen LogP contribution < -0.4 is 0 Å². The Balaban J connectivity index is 2.71. The van der Waals surface area contributed by atoms with Gasteiger partial charge in [-0.15, -0.1) is 11.6 Å². The number of carbonyl (C=O) groups is 1. The molecule has 0 aliphatic heterocycles. The molecule has 17 heavy (non-hydrogen) atoms. The maximum Gasteiger partial charge on any atom is 0.324 e. The number of nitro benzene ring substituents is 1. The van der Waals surface area contributed by atoms with E-state index in [0.29, 0.717) is 5.56 Å². The van der Waals surface area contributed by atoms with E-state index in [2.05, 4.69) is 0 Å². The highest BCUT2D eigenvalue weighted by molar-refractivity contribution is 6.30. The fourth-order valence-electron chi connectivity index (χ4n) is 1.32. The first kappa shape index (κ1) is 13.4. The van der Waals surface area contributed by atoms with Crippen molar-refractivity contribution in [1.82, 2.24) is 0 Å². The first-order valence-electron chi connectivity index (χ1n) is 5.08. The molecule has 0 aliphatic carbocycles. The highest BCUT2D eigenvalue weighted by atomic mass is 35.5. The molecule has 1 atom stereocenters. The number of non-ortho nitro benzene ring substituents is 1. The lowest BCUT2D eigenvalue weighted by Gasteiger charge is -2.08. The molecule has 0 N–H and O–H groups in total. The summed E-state index contributed by atoms with van der Waals surface area (Å²) in [6.45, 7) is 1.95. The zero-order valence-electron chi connectivity index (χ0n) is 9.26. The van der Waals surface area contributed by atoms with E-state index in [4.69, 9.17) is 16.3 Å². The van der Waals surface area contributed by atoms with E-state index in [1.807, 2.05) is 0 Å². The van der Waals surface area contributed by atoms with Gasteiger partial charge < -0.3 is 4.74 Å². The highest BCUT2D eigenvalue weighted by Crippen LogP contribution is 2.16. The summed E-state index contributed by atoms with van der Waals surface area (Å²) in [5.41, 5.74) is 0.613. The van der Waals surface area contributed by atoms with E-state index >= 15 is 0 Å². The van der Waals surface area contributed by atoms with Crippen LogP contribution in [0.4, 0.5) is 5.69 Å². The quantitative estimate of drug-likeness (QED) is 0.351. The van der Waals surface area contributed by atoms with Crippen molar-refractivity contribution in [2.45, 2.75) is 18.7 Å². The highest BCUT2D eigenvalue weighted by Gasteiger charge is 2.18. The minimum atomic E-state index is -0.822. The van der Waals surface area contributed by atoms with Crippen LogP contribution in [-0.4, -0.2) is 22.9 Å². The third kappa shape index (κ3) is 4.03. The zero-order valence-corrected chi connectivity index (χ0v) is 10.0. The lowest BCUT2D eigenvalue weighted by Crippen LogP contribution is -2.20. The van der Waals surface area contributed by atoms with Crippen LogP contribution >= 0.6 is 11.6 Å². The molecule has 0 fully saturated rings. The van der Waals surface area contributed by atoms with E-state index < -0.39 is 16.3 Å². The van der Waals surface area contributed by atoms with Gasteiger partial charge in [0, 0.05) is 12.1 Å². The molecule has 0 spiro atoms. The summed E-state index contributed by atoms with van der Waals surface area (Å²) in [5.74, 6) is -0.513. The van der Waals surface area contributed by atoms with Crippen molar-refractivity contribution in [1.29, 1.82) is 0 Å². The number of ether oxygens (including phenoxy) is 1. The third-order valence-corrected chi connectivity index (χ3v) is 2.41. The Morgan fingerprint density at radius 3 is 2.88 bits per heavy atom. The van der Waals surface area contributed by atoms with Crippen LogP contribution in [0.15, 0.2) is 24.3 Å². The molecule has 0 saturated heterocycles. The maximum atomic E-state index is 11.3. The summed E-state index contributed by atoms with van der Waals surface area (Å²) in [5, 5.41) is 9.73. The summed E-state index contributed by atoms with van der Waals surface area (Å²) in [7, 11) is 0. The van der Waals surface area contributed by atoms with Crippen molar-refractivity contribution in [2.75, 3.05) is 6.61 Å². The largest absolute Gasteiger partial charge is 0.465 e. The summed E-state index contributed by atoms with van der Waals surface area (Å²) in [4.78, 5) is 21.3. The Kier molecular flexibility index (Phi) is 4.90. The fourth-order valence-corrected chi connectivity index (χ4v) is 1.56. The van der Waals surface area contributed by atoms with Crippen molar-refractivity contribution < 1.29 is 14.5 Å². The van der Waals surface area contributed by atoms with Gasteiger partial charge in [0.25, 0.3) is 5.69 Å². The Bertz CT molecular complexity index is 422. The number of hydrogen-bond donors (Lipinski definition) is 0. The predicted molar refractivity (Wildman–Crippen MR) is 63.1 cm³/mol. The lowest BCUT2D eigenvalue weighted by molar-refractivity contribution is -0.384. The number of rotatable bonds is 5. The Labute approximate surface area is 103 Å². The number of esters is 1. The summed E-state index contributed by atoms with van der Waals surface area (Å²) in [6, 6.07) is 6.02. The topological polar surface area (TPSA) is 69.4 Å². The SMILES string of the molecule is CCOC(=O)[C@H](Cl)Cc1cccc([N+](=O)[O-])c1. The summed E-state index contributed by atoms with van der Waals surface area (Å²) in [6.07, 6.45) is 0.210. The molecule has 1 rings (SSSR count). The van der Waals surface area contributed by atoms with Gasteiger partial charge in [-0.3, -0.25) is 14.9 Å². The second-order valence-electron chi connectivity index (χ2n) is 3.35. The maximum absolute atomic E-state index is 11.3. The number of halogens is 1. The third-order valence-electron chi connectivity index (χ3n) is 2.08. The standard InChI is InChI=1S/C11H12ClNO4/c1-2-17-11(14)10(12)7-8-4-3-5-9(6-8)13(15)16/h3-6,10H,2,7H2,1H3/t10-/m1/s1. The lowest BCUT2D eigenvalue weighted by atomic mass is 10.1. The van der Waals surface area contributed by atoms with Gasteiger partial charge in [0.1, 0.15) is 5.38 Å². The summed E-state index contributed by atoms with van der Waals surface area (Å²) >= 11 is 5.83. The summed E-state index contributed by atoms with van der Waals surface area (Å²) < 4.78 is 4.75. The molecule has 0 bridgehead atoms. The average molecular weight is 258 g/mol. The molecular weight excluding hydrogens is 246 g/mol. The van der Waals surface area contributed by atoms with Gasteiger partial charge in [0.2, 0.25) is 0 Å². The van der Waals surface area contributed by atoms with E-state index in [9.17, 15) is 14.9 Å². The average Bonchev–Trinajstić information content (AvgIpc) is 2.29. The molecule has 0 unspecified atom stereocenters. The van der Waals surface area contributed by atoms with Gasteiger partial charge in [-0.25, -0.2) is 0 Å². The molecule has 0 aromatic heterocycles. The molecule has 5 nitrogen and oxygen atoms in total. The molecule has 0 saturated carbocycles. The van der Waals surface area contributed by atoms with Crippen LogP contribution in [0, 0.1) is 10.1 Å². The van der Waals surface area contributed by atoms with Crippen LogP contribution in [0.5, 0.6) is 0 Å². The molecule has 0 radical (unpaired) electrons. The van der Waals surface area contributed by atoms with Crippen molar-refractivity contribution in [2.24, 2.45) is 0 Å². The second kappa shape index (κ2) is 6.20. The van der Waals surface area contributed by atoms with Gasteiger partial charge in [0.15, 0.2) is 0 Å². The van der Waals surface area contributed by atoms with Crippen LogP contribution in [-0.2, 0) is 16.0 Å². The van der Waals surface area contributed by atoms with E-state index in [1.54, 1.807) is 19.1 Å². The number of alkyl halides is 1. The molecule has 0 amide bonds. The number of nitrogens with zero attached hydrogens (tertiary/aromatic N) is 1. The van der Waals surface area contributed by atoms with Gasteiger partial charge in [-0.1, -0.05) is 12.1 Å². The predicted octanol–water partition coefficient (Wildman–Crippen LogP) is 2.31. The van der Waals surface area contributed by atoms with Crippen LogP contribution in [0.3, 0.4) is 0 Å². The Morgan fingerprint density at radius 2 is 2.29 bits per heavy atom. The van der Waals surface area contributed by atoms with Crippen molar-refractivity contribution in [3.05, 3.63) is 39.9 Å². The monoisotopic (exact) mass is 257 g/mol.